The molecule has 2 atom stereocenters. The van der Waals surface area contributed by atoms with E-state index in [4.69, 9.17) is 9.47 Å². The zero-order valence-electron chi connectivity index (χ0n) is 20.0. The van der Waals surface area contributed by atoms with Crippen LogP contribution >= 0.6 is 0 Å². The van der Waals surface area contributed by atoms with Crippen LogP contribution in [0.3, 0.4) is 0 Å². The van der Waals surface area contributed by atoms with Crippen LogP contribution in [0.2, 0.25) is 0 Å². The van der Waals surface area contributed by atoms with Crippen LogP contribution in [-0.2, 0) is 4.79 Å². The van der Waals surface area contributed by atoms with E-state index in [1.54, 1.807) is 19.1 Å². The number of carbonyl (C=O) groups excluding carboxylic acids is 2. The third-order valence-corrected chi connectivity index (χ3v) is 3.86. The lowest BCUT2D eigenvalue weighted by Crippen LogP contribution is -3.02. The molecule has 0 saturated heterocycles. The summed E-state index contributed by atoms with van der Waals surface area (Å²) in [6.45, 7) is 6.31. The third-order valence-electron chi connectivity index (χ3n) is 3.86. The number of unbranched alkanes of at least 4 members (excludes halogenated alkanes) is 3. The average molecular weight is 440 g/mol. The maximum atomic E-state index is 11.9. The van der Waals surface area contributed by atoms with Crippen molar-refractivity contribution in [3.8, 4) is 11.5 Å². The zero-order chi connectivity index (χ0) is 23.6. The quantitative estimate of drug-likeness (QED) is 0.318. The minimum Gasteiger partial charge on any atom is -0.550 e. The predicted octanol–water partition coefficient (Wildman–Crippen LogP) is 1.35. The number of carboxylic acid groups (broad SMARTS) is 1. The Bertz CT molecular complexity index is 622. The molecule has 0 heterocycles. The minimum atomic E-state index is -1.21. The highest BCUT2D eigenvalue weighted by Gasteiger charge is 2.14. The van der Waals surface area contributed by atoms with E-state index in [2.05, 4.69) is 38.7 Å². The summed E-state index contributed by atoms with van der Waals surface area (Å²) < 4.78 is 11.5. The predicted molar refractivity (Wildman–Crippen MR) is 120 cm³/mol. The van der Waals surface area contributed by atoms with Crippen LogP contribution in [-0.4, -0.2) is 52.0 Å². The van der Waals surface area contributed by atoms with Gasteiger partial charge in [-0.2, -0.15) is 0 Å². The van der Waals surface area contributed by atoms with Gasteiger partial charge in [0.05, 0.1) is 27.7 Å². The van der Waals surface area contributed by atoms with Gasteiger partial charge in [0.1, 0.15) is 11.5 Å². The van der Waals surface area contributed by atoms with Crippen molar-refractivity contribution < 1.29 is 29.1 Å². The minimum absolute atomic E-state index is 0.247. The first-order valence-electron chi connectivity index (χ1n) is 11.1. The van der Waals surface area contributed by atoms with Crippen molar-refractivity contribution in [3.05, 3.63) is 24.3 Å². The summed E-state index contributed by atoms with van der Waals surface area (Å²) in [5.41, 5.74) is 0. The van der Waals surface area contributed by atoms with Gasteiger partial charge in [-0.3, -0.25) is 0 Å². The molecule has 0 radical (unpaired) electrons. The fourth-order valence-corrected chi connectivity index (χ4v) is 2.45. The Morgan fingerprint density at radius 3 is 2.29 bits per heavy atom. The summed E-state index contributed by atoms with van der Waals surface area (Å²) in [4.78, 5) is 23.9. The summed E-state index contributed by atoms with van der Waals surface area (Å²) in [5, 5.41) is 15.8. The van der Waals surface area contributed by atoms with Crippen molar-refractivity contribution in [1.82, 2.24) is 10.6 Å². The number of aliphatic carboxylic acids is 1. The Hall–Kier alpha value is -2.48. The average Bonchev–Trinajstić information content (AvgIpc) is 2.66. The van der Waals surface area contributed by atoms with Crippen molar-refractivity contribution >= 4 is 12.0 Å². The molecule has 0 saturated carbocycles. The molecule has 1 aromatic carbocycles. The van der Waals surface area contributed by atoms with E-state index in [9.17, 15) is 14.7 Å². The third kappa shape index (κ3) is 16.9. The van der Waals surface area contributed by atoms with Gasteiger partial charge in [-0.15, -0.1) is 0 Å². The van der Waals surface area contributed by atoms with Crippen molar-refractivity contribution in [3.63, 3.8) is 0 Å². The topological polar surface area (TPSA) is 104 Å². The van der Waals surface area contributed by atoms with Crippen LogP contribution in [0.5, 0.6) is 11.5 Å². The summed E-state index contributed by atoms with van der Waals surface area (Å²) in [5.74, 6) is 0.111. The summed E-state index contributed by atoms with van der Waals surface area (Å²) in [6, 6.07) is 6.28. The van der Waals surface area contributed by atoms with E-state index in [1.807, 2.05) is 19.1 Å². The molecule has 1 aromatic rings. The van der Waals surface area contributed by atoms with Gasteiger partial charge in [0.25, 0.3) is 0 Å². The molecule has 0 bridgehead atoms. The second-order valence-corrected chi connectivity index (χ2v) is 7.99. The first-order chi connectivity index (χ1) is 14.7. The van der Waals surface area contributed by atoms with E-state index >= 15 is 0 Å². The monoisotopic (exact) mass is 439 g/mol. The van der Waals surface area contributed by atoms with Crippen LogP contribution in [0.25, 0.3) is 0 Å². The number of carbonyl (C=O) groups is 2. The molecule has 178 valence electrons. The smallest absolute Gasteiger partial charge is 0.317 e. The van der Waals surface area contributed by atoms with Gasteiger partial charge >= 0.3 is 6.03 Å². The zero-order valence-corrected chi connectivity index (χ0v) is 20.0. The second kappa shape index (κ2) is 17.2. The second-order valence-electron chi connectivity index (χ2n) is 7.99. The molecule has 0 spiro atoms. The van der Waals surface area contributed by atoms with E-state index < -0.39 is 24.3 Å². The number of hydrogen-bond donors (Lipinski definition) is 3. The molecule has 31 heavy (non-hydrogen) atoms. The highest BCUT2D eigenvalue weighted by Crippen LogP contribution is 2.21. The van der Waals surface area contributed by atoms with Gasteiger partial charge in [0, 0.05) is 30.9 Å². The molecule has 2 amide bonds. The highest BCUT2D eigenvalue weighted by molar-refractivity contribution is 5.75. The Morgan fingerprint density at radius 1 is 1.06 bits per heavy atom. The van der Waals surface area contributed by atoms with Gasteiger partial charge in [-0.25, -0.2) is 4.79 Å². The summed E-state index contributed by atoms with van der Waals surface area (Å²) >= 11 is 0. The van der Waals surface area contributed by atoms with Crippen molar-refractivity contribution in [1.29, 1.82) is 0 Å². The van der Waals surface area contributed by atoms with Crippen molar-refractivity contribution in [2.75, 3.05) is 27.7 Å². The van der Waals surface area contributed by atoms with Crippen LogP contribution in [0.1, 0.15) is 59.3 Å². The maximum absolute atomic E-state index is 11.9. The number of amides is 2. The first-order valence-corrected chi connectivity index (χ1v) is 11.1. The Labute approximate surface area is 187 Å². The van der Waals surface area contributed by atoms with Crippen molar-refractivity contribution in [2.24, 2.45) is 0 Å². The number of hydrogen-bond acceptors (Lipinski definition) is 5. The first kappa shape index (κ1) is 28.5. The lowest BCUT2D eigenvalue weighted by Gasteiger charge is -2.21. The van der Waals surface area contributed by atoms with Crippen molar-refractivity contribution in [2.45, 2.75) is 71.6 Å². The lowest BCUT2D eigenvalue weighted by molar-refractivity contribution is -0.836. The molecule has 8 heteroatoms. The standard InChI is InChI=1S/C20H32N2O5.C3H9N/c1-4-6-7-8-12-26-16-10-9-11-17(14-16)27-18(5-2)22-20(25)21-15(3)13-19(23)24;1-4(2)3/h9-11,14-15,18H,4-8,12-13H2,1-3H3,(H,23,24)(H2,21,22,25);1-3H3/t15-,18-;/m1./s1. The Morgan fingerprint density at radius 2 is 1.71 bits per heavy atom. The molecular weight excluding hydrogens is 398 g/mol. The highest BCUT2D eigenvalue weighted by atomic mass is 16.5. The molecule has 0 aromatic heterocycles. The Kier molecular flexibility index (Phi) is 15.8. The molecule has 0 aliphatic carbocycles. The number of ether oxygens (including phenoxy) is 2. The van der Waals surface area contributed by atoms with E-state index in [0.717, 1.165) is 18.6 Å². The fourth-order valence-electron chi connectivity index (χ4n) is 2.45. The SMILES string of the molecule is CCCCCCOc1cccc(O[C@H](CC)NC(=O)N[C@H](C)CC(=O)[O-])c1.C[NH+](C)C. The number of quaternary nitrogens is 1. The van der Waals surface area contributed by atoms with Gasteiger partial charge < -0.3 is 34.9 Å². The molecular formula is C23H41N3O5. The largest absolute Gasteiger partial charge is 0.550 e. The van der Waals surface area contributed by atoms with Crippen LogP contribution in [0.15, 0.2) is 24.3 Å². The van der Waals surface area contributed by atoms with Gasteiger partial charge in [0.15, 0.2) is 6.23 Å². The van der Waals surface area contributed by atoms with Gasteiger partial charge in [-0.05, 0) is 25.5 Å². The molecule has 0 fully saturated rings. The number of urea groups is 1. The number of rotatable bonds is 13. The Balaban J connectivity index is 0.00000206. The molecule has 1 rings (SSSR count). The van der Waals surface area contributed by atoms with Crippen LogP contribution < -0.4 is 30.1 Å². The summed E-state index contributed by atoms with van der Waals surface area (Å²) in [7, 11) is 6.25. The number of carboxylic acids is 1. The number of nitrogens with one attached hydrogen (secondary N) is 3. The molecule has 0 aliphatic rings. The van der Waals surface area contributed by atoms with Gasteiger partial charge in [0.2, 0.25) is 0 Å². The molecule has 0 aliphatic heterocycles. The number of benzene rings is 1. The van der Waals surface area contributed by atoms with E-state index in [0.29, 0.717) is 18.8 Å². The molecule has 3 N–H and O–H groups in total. The molecule has 0 unspecified atom stereocenters. The summed E-state index contributed by atoms with van der Waals surface area (Å²) in [6.07, 6.45) is 4.32. The van der Waals surface area contributed by atoms with Crippen LogP contribution in [0, 0.1) is 0 Å². The van der Waals surface area contributed by atoms with Gasteiger partial charge in [-0.1, -0.05) is 39.2 Å². The normalized spacial score (nSPS) is 12.2. The van der Waals surface area contributed by atoms with E-state index in [-0.39, 0.29) is 6.42 Å². The van der Waals surface area contributed by atoms with E-state index in [1.165, 1.54) is 17.7 Å². The van der Waals surface area contributed by atoms with Crippen LogP contribution in [0.4, 0.5) is 4.79 Å². The maximum Gasteiger partial charge on any atom is 0.317 e. The fraction of sp³-hybridized carbons (Fsp3) is 0.652. The molecule has 8 nitrogen and oxygen atoms in total. The lowest BCUT2D eigenvalue weighted by atomic mass is 10.2.